The van der Waals surface area contributed by atoms with Crippen LogP contribution >= 0.6 is 15.9 Å². The van der Waals surface area contributed by atoms with Gasteiger partial charge in [0.25, 0.3) is 5.91 Å². The second kappa shape index (κ2) is 7.61. The summed E-state index contributed by atoms with van der Waals surface area (Å²) in [7, 11) is -4.01. The van der Waals surface area contributed by atoms with Crippen LogP contribution in [0.25, 0.3) is 0 Å². The van der Waals surface area contributed by atoms with Gasteiger partial charge in [0.15, 0.2) is 11.6 Å². The lowest BCUT2D eigenvalue weighted by Crippen LogP contribution is -2.50. The van der Waals surface area contributed by atoms with Crippen LogP contribution in [0.3, 0.4) is 0 Å². The van der Waals surface area contributed by atoms with Crippen LogP contribution in [0.1, 0.15) is 10.4 Å². The average molecular weight is 463 g/mol. The van der Waals surface area contributed by atoms with Crippen LogP contribution in [-0.2, 0) is 10.0 Å². The first-order valence-corrected chi connectivity index (χ1v) is 10.1. The minimum atomic E-state index is -4.01. The number of rotatable bonds is 3. The van der Waals surface area contributed by atoms with Gasteiger partial charge in [0.05, 0.1) is 10.5 Å². The first kappa shape index (κ1) is 19.8. The van der Waals surface area contributed by atoms with Crippen molar-refractivity contribution in [2.45, 2.75) is 4.90 Å². The molecule has 1 amide bonds. The van der Waals surface area contributed by atoms with Crippen molar-refractivity contribution < 1.29 is 26.4 Å². The van der Waals surface area contributed by atoms with Gasteiger partial charge >= 0.3 is 0 Å². The van der Waals surface area contributed by atoms with Gasteiger partial charge < -0.3 is 4.90 Å². The summed E-state index contributed by atoms with van der Waals surface area (Å²) in [6.07, 6.45) is 0. The highest BCUT2D eigenvalue weighted by Crippen LogP contribution is 2.23. The molecule has 0 unspecified atom stereocenters. The zero-order valence-electron chi connectivity index (χ0n) is 13.8. The fourth-order valence-corrected chi connectivity index (χ4v) is 4.60. The Morgan fingerprint density at radius 1 is 0.926 bits per heavy atom. The van der Waals surface area contributed by atoms with Crippen LogP contribution in [0, 0.1) is 17.5 Å². The molecule has 27 heavy (non-hydrogen) atoms. The lowest BCUT2D eigenvalue weighted by Gasteiger charge is -2.34. The third-order valence-electron chi connectivity index (χ3n) is 4.21. The highest BCUT2D eigenvalue weighted by Gasteiger charge is 2.31. The maximum absolute atomic E-state index is 13.4. The summed E-state index contributed by atoms with van der Waals surface area (Å²) >= 11 is 3.20. The molecule has 5 nitrogen and oxygen atoms in total. The van der Waals surface area contributed by atoms with E-state index in [-0.39, 0.29) is 36.6 Å². The standard InChI is InChI=1S/C17H14BrF3N2O3S/c18-14-3-1-11(19)9-13(14)17(24)22-5-7-23(8-6-22)27(25,26)12-2-4-15(20)16(21)10-12/h1-4,9-10H,5-8H2. The molecule has 2 aromatic carbocycles. The largest absolute Gasteiger partial charge is 0.336 e. The van der Waals surface area contributed by atoms with Crippen molar-refractivity contribution in [1.82, 2.24) is 9.21 Å². The molecule has 1 saturated heterocycles. The molecule has 3 rings (SSSR count). The fraction of sp³-hybridized carbons (Fsp3) is 0.235. The number of carbonyl (C=O) groups is 1. The highest BCUT2D eigenvalue weighted by molar-refractivity contribution is 9.10. The highest BCUT2D eigenvalue weighted by atomic mass is 79.9. The van der Waals surface area contributed by atoms with E-state index >= 15 is 0 Å². The predicted molar refractivity (Wildman–Crippen MR) is 95.1 cm³/mol. The molecule has 0 aliphatic carbocycles. The zero-order valence-corrected chi connectivity index (χ0v) is 16.2. The summed E-state index contributed by atoms with van der Waals surface area (Å²) in [6.45, 7) is 0.148. The summed E-state index contributed by atoms with van der Waals surface area (Å²) in [5, 5.41) is 0. The van der Waals surface area contributed by atoms with Gasteiger partial charge in [-0.2, -0.15) is 4.31 Å². The molecule has 1 aliphatic rings. The molecule has 0 atom stereocenters. The molecule has 2 aromatic rings. The van der Waals surface area contributed by atoms with Crippen molar-refractivity contribution in [1.29, 1.82) is 0 Å². The van der Waals surface area contributed by atoms with Crippen molar-refractivity contribution in [3.63, 3.8) is 0 Å². The predicted octanol–water partition coefficient (Wildman–Crippen LogP) is 3.01. The Morgan fingerprint density at radius 2 is 1.59 bits per heavy atom. The van der Waals surface area contributed by atoms with E-state index in [2.05, 4.69) is 15.9 Å². The molecule has 0 bridgehead atoms. The number of nitrogens with zero attached hydrogens (tertiary/aromatic N) is 2. The van der Waals surface area contributed by atoms with E-state index in [0.29, 0.717) is 10.5 Å². The van der Waals surface area contributed by atoms with Crippen molar-refractivity contribution >= 4 is 31.9 Å². The van der Waals surface area contributed by atoms with Gasteiger partial charge in [0.2, 0.25) is 10.0 Å². The third-order valence-corrected chi connectivity index (χ3v) is 6.80. The summed E-state index contributed by atoms with van der Waals surface area (Å²) < 4.78 is 66.5. The molecule has 0 saturated carbocycles. The molecule has 1 fully saturated rings. The number of sulfonamides is 1. The van der Waals surface area contributed by atoms with Gasteiger partial charge in [-0.1, -0.05) is 0 Å². The molecule has 1 heterocycles. The Hall–Kier alpha value is -1.91. The number of amides is 1. The third kappa shape index (κ3) is 4.02. The average Bonchev–Trinajstić information content (AvgIpc) is 2.65. The number of halogens is 4. The minimum absolute atomic E-state index is 0.0139. The van der Waals surface area contributed by atoms with Crippen LogP contribution in [0.15, 0.2) is 45.8 Å². The summed E-state index contributed by atoms with van der Waals surface area (Å²) in [4.78, 5) is 13.6. The summed E-state index contributed by atoms with van der Waals surface area (Å²) in [5.74, 6) is -3.36. The molecular formula is C17H14BrF3N2O3S. The molecule has 0 aromatic heterocycles. The van der Waals surface area contributed by atoms with E-state index in [0.717, 1.165) is 22.5 Å². The zero-order chi connectivity index (χ0) is 19.8. The van der Waals surface area contributed by atoms with Gasteiger partial charge in [-0.05, 0) is 52.3 Å². The molecular weight excluding hydrogens is 449 g/mol. The second-order valence-corrected chi connectivity index (χ2v) is 8.69. The Bertz CT molecular complexity index is 993. The van der Waals surface area contributed by atoms with E-state index < -0.39 is 33.4 Å². The minimum Gasteiger partial charge on any atom is -0.336 e. The SMILES string of the molecule is O=C(c1cc(F)ccc1Br)N1CCN(S(=O)(=O)c2ccc(F)c(F)c2)CC1. The number of piperazine rings is 1. The number of carbonyl (C=O) groups excluding carboxylic acids is 1. The Morgan fingerprint density at radius 3 is 2.22 bits per heavy atom. The van der Waals surface area contributed by atoms with Gasteiger partial charge in [-0.3, -0.25) is 4.79 Å². The normalized spacial score (nSPS) is 15.8. The van der Waals surface area contributed by atoms with Crippen LogP contribution in [0.5, 0.6) is 0 Å². The lowest BCUT2D eigenvalue weighted by atomic mass is 10.2. The van der Waals surface area contributed by atoms with Crippen molar-refractivity contribution in [2.24, 2.45) is 0 Å². The second-order valence-electron chi connectivity index (χ2n) is 5.90. The Balaban J connectivity index is 1.73. The Labute approximate surface area is 162 Å². The van der Waals surface area contributed by atoms with E-state index in [4.69, 9.17) is 0 Å². The van der Waals surface area contributed by atoms with E-state index in [1.54, 1.807) is 0 Å². The van der Waals surface area contributed by atoms with Crippen LogP contribution in [0.2, 0.25) is 0 Å². The summed E-state index contributed by atoms with van der Waals surface area (Å²) in [6, 6.07) is 6.13. The monoisotopic (exact) mass is 462 g/mol. The van der Waals surface area contributed by atoms with Crippen molar-refractivity contribution in [3.05, 3.63) is 63.9 Å². The van der Waals surface area contributed by atoms with Gasteiger partial charge in [-0.15, -0.1) is 0 Å². The van der Waals surface area contributed by atoms with E-state index in [1.165, 1.54) is 17.0 Å². The molecule has 1 aliphatic heterocycles. The first-order valence-electron chi connectivity index (χ1n) is 7.89. The fourth-order valence-electron chi connectivity index (χ4n) is 2.75. The Kier molecular flexibility index (Phi) is 5.59. The van der Waals surface area contributed by atoms with Gasteiger partial charge in [0, 0.05) is 30.7 Å². The van der Waals surface area contributed by atoms with Gasteiger partial charge in [-0.25, -0.2) is 21.6 Å². The maximum atomic E-state index is 13.4. The van der Waals surface area contributed by atoms with Crippen LogP contribution in [-0.4, -0.2) is 49.7 Å². The molecule has 0 radical (unpaired) electrons. The summed E-state index contributed by atoms with van der Waals surface area (Å²) in [5.41, 5.74) is 0.145. The molecule has 10 heteroatoms. The maximum Gasteiger partial charge on any atom is 0.255 e. The van der Waals surface area contributed by atoms with E-state index in [1.807, 2.05) is 0 Å². The number of hydrogen-bond donors (Lipinski definition) is 0. The van der Waals surface area contributed by atoms with Gasteiger partial charge in [0.1, 0.15) is 5.82 Å². The molecule has 0 N–H and O–H groups in total. The smallest absolute Gasteiger partial charge is 0.255 e. The van der Waals surface area contributed by atoms with Crippen LogP contribution < -0.4 is 0 Å². The number of hydrogen-bond acceptors (Lipinski definition) is 3. The quantitative estimate of drug-likeness (QED) is 0.704. The molecule has 0 spiro atoms. The molecule has 144 valence electrons. The number of benzene rings is 2. The lowest BCUT2D eigenvalue weighted by molar-refractivity contribution is 0.0696. The van der Waals surface area contributed by atoms with Crippen molar-refractivity contribution in [2.75, 3.05) is 26.2 Å². The topological polar surface area (TPSA) is 57.7 Å². The first-order chi connectivity index (χ1) is 12.7. The van der Waals surface area contributed by atoms with E-state index in [9.17, 15) is 26.4 Å². The van der Waals surface area contributed by atoms with Crippen molar-refractivity contribution in [3.8, 4) is 0 Å². The van der Waals surface area contributed by atoms with Crippen LogP contribution in [0.4, 0.5) is 13.2 Å².